The molecule has 0 saturated heterocycles. The zero-order valence-electron chi connectivity index (χ0n) is 9.15. The summed E-state index contributed by atoms with van der Waals surface area (Å²) < 4.78 is 0. The van der Waals surface area contributed by atoms with E-state index < -0.39 is 0 Å². The van der Waals surface area contributed by atoms with Gasteiger partial charge in [-0.25, -0.2) is 0 Å². The van der Waals surface area contributed by atoms with Gasteiger partial charge in [-0.15, -0.1) is 11.8 Å². The number of nitrogens with zero attached hydrogens (tertiary/aromatic N) is 1. The van der Waals surface area contributed by atoms with Gasteiger partial charge in [0.05, 0.1) is 0 Å². The Balaban J connectivity index is 1.63. The lowest BCUT2D eigenvalue weighted by molar-refractivity contribution is 0.557. The fourth-order valence-electron chi connectivity index (χ4n) is 1.39. The van der Waals surface area contributed by atoms with Gasteiger partial charge in [-0.2, -0.15) is 0 Å². The quantitative estimate of drug-likeness (QED) is 0.749. The lowest BCUT2D eigenvalue weighted by Crippen LogP contribution is -2.24. The van der Waals surface area contributed by atoms with Crippen molar-refractivity contribution in [2.75, 3.05) is 12.3 Å². The van der Waals surface area contributed by atoms with E-state index in [0.717, 1.165) is 18.5 Å². The molecule has 0 amide bonds. The van der Waals surface area contributed by atoms with E-state index >= 15 is 0 Å². The zero-order valence-corrected chi connectivity index (χ0v) is 9.96. The summed E-state index contributed by atoms with van der Waals surface area (Å²) in [7, 11) is 0. The molecule has 1 atom stereocenters. The molecule has 0 aliphatic heterocycles. The average Bonchev–Trinajstić information content (AvgIpc) is 3.09. The zero-order chi connectivity index (χ0) is 10.5. The van der Waals surface area contributed by atoms with E-state index in [0.29, 0.717) is 0 Å². The maximum atomic E-state index is 4.01. The standard InChI is InChI=1S/C12H18N2S/c1-10(8-14-11-2-3-11)9-15-12-4-6-13-7-5-12/h4-7,10-11,14H,2-3,8-9H2,1H3. The molecular weight excluding hydrogens is 204 g/mol. The second-order valence-corrected chi connectivity index (χ2v) is 5.38. The Morgan fingerprint density at radius 1 is 1.47 bits per heavy atom. The van der Waals surface area contributed by atoms with Crippen molar-refractivity contribution in [2.45, 2.75) is 30.7 Å². The van der Waals surface area contributed by atoms with Crippen LogP contribution in [0.25, 0.3) is 0 Å². The summed E-state index contributed by atoms with van der Waals surface area (Å²) in [5.41, 5.74) is 0. The van der Waals surface area contributed by atoms with Crippen LogP contribution in [0, 0.1) is 5.92 Å². The van der Waals surface area contributed by atoms with E-state index in [2.05, 4.69) is 29.4 Å². The Morgan fingerprint density at radius 2 is 2.20 bits per heavy atom. The first kappa shape index (κ1) is 11.0. The largest absolute Gasteiger partial charge is 0.314 e. The van der Waals surface area contributed by atoms with Crippen LogP contribution in [0.3, 0.4) is 0 Å². The van der Waals surface area contributed by atoms with Crippen molar-refractivity contribution in [1.29, 1.82) is 0 Å². The van der Waals surface area contributed by atoms with Crippen molar-refractivity contribution in [3.05, 3.63) is 24.5 Å². The number of rotatable bonds is 6. The topological polar surface area (TPSA) is 24.9 Å². The molecule has 1 saturated carbocycles. The molecule has 1 unspecified atom stereocenters. The first-order valence-electron chi connectivity index (χ1n) is 5.61. The van der Waals surface area contributed by atoms with Gasteiger partial charge in [0.25, 0.3) is 0 Å². The number of hydrogen-bond acceptors (Lipinski definition) is 3. The Hall–Kier alpha value is -0.540. The summed E-state index contributed by atoms with van der Waals surface area (Å²) in [5, 5.41) is 3.57. The highest BCUT2D eigenvalue weighted by Gasteiger charge is 2.20. The van der Waals surface area contributed by atoms with Crippen LogP contribution in [0.1, 0.15) is 19.8 Å². The number of thioether (sulfide) groups is 1. The van der Waals surface area contributed by atoms with Crippen LogP contribution in [-0.2, 0) is 0 Å². The maximum Gasteiger partial charge on any atom is 0.0278 e. The number of nitrogens with one attached hydrogen (secondary N) is 1. The van der Waals surface area contributed by atoms with Crippen molar-refractivity contribution in [1.82, 2.24) is 10.3 Å². The van der Waals surface area contributed by atoms with Crippen LogP contribution in [0.4, 0.5) is 0 Å². The van der Waals surface area contributed by atoms with Gasteiger partial charge in [-0.1, -0.05) is 6.92 Å². The highest BCUT2D eigenvalue weighted by Crippen LogP contribution is 2.21. The van der Waals surface area contributed by atoms with Crippen molar-refractivity contribution >= 4 is 11.8 Å². The van der Waals surface area contributed by atoms with Gasteiger partial charge in [-0.3, -0.25) is 4.98 Å². The first-order chi connectivity index (χ1) is 7.34. The number of aromatic nitrogens is 1. The average molecular weight is 222 g/mol. The fraction of sp³-hybridized carbons (Fsp3) is 0.583. The Morgan fingerprint density at radius 3 is 2.87 bits per heavy atom. The van der Waals surface area contributed by atoms with Crippen LogP contribution in [0.2, 0.25) is 0 Å². The molecule has 2 nitrogen and oxygen atoms in total. The smallest absolute Gasteiger partial charge is 0.0278 e. The minimum Gasteiger partial charge on any atom is -0.314 e. The van der Waals surface area contributed by atoms with Gasteiger partial charge in [0.1, 0.15) is 0 Å². The van der Waals surface area contributed by atoms with Crippen molar-refractivity contribution in [2.24, 2.45) is 5.92 Å². The molecule has 0 aromatic carbocycles. The monoisotopic (exact) mass is 222 g/mol. The Bertz CT molecular complexity index is 285. The van der Waals surface area contributed by atoms with Gasteiger partial charge in [-0.05, 0) is 37.4 Å². The van der Waals surface area contributed by atoms with Crippen LogP contribution in [0.5, 0.6) is 0 Å². The van der Waals surface area contributed by atoms with Gasteiger partial charge >= 0.3 is 0 Å². The molecule has 1 fully saturated rings. The van der Waals surface area contributed by atoms with Gasteiger partial charge in [0, 0.05) is 29.1 Å². The number of hydrogen-bond donors (Lipinski definition) is 1. The molecule has 15 heavy (non-hydrogen) atoms. The molecule has 1 aromatic heterocycles. The molecule has 1 aliphatic carbocycles. The van der Waals surface area contributed by atoms with Crippen molar-refractivity contribution in [3.63, 3.8) is 0 Å². The SMILES string of the molecule is CC(CNC1CC1)CSc1ccncc1. The summed E-state index contributed by atoms with van der Waals surface area (Å²) in [6.07, 6.45) is 6.47. The highest BCUT2D eigenvalue weighted by atomic mass is 32.2. The predicted molar refractivity (Wildman–Crippen MR) is 65.1 cm³/mol. The van der Waals surface area contributed by atoms with E-state index in [1.807, 2.05) is 24.2 Å². The van der Waals surface area contributed by atoms with Gasteiger partial charge in [0.15, 0.2) is 0 Å². The van der Waals surface area contributed by atoms with E-state index in [9.17, 15) is 0 Å². The van der Waals surface area contributed by atoms with Crippen molar-refractivity contribution in [3.8, 4) is 0 Å². The molecular formula is C12H18N2S. The molecule has 1 aliphatic rings. The van der Waals surface area contributed by atoms with Gasteiger partial charge < -0.3 is 5.32 Å². The van der Waals surface area contributed by atoms with E-state index in [4.69, 9.17) is 0 Å². The third-order valence-electron chi connectivity index (χ3n) is 2.52. The van der Waals surface area contributed by atoms with Crippen molar-refractivity contribution < 1.29 is 0 Å². The second kappa shape index (κ2) is 5.52. The predicted octanol–water partition coefficient (Wildman–Crippen LogP) is 2.56. The lowest BCUT2D eigenvalue weighted by atomic mass is 10.2. The minimum absolute atomic E-state index is 0.740. The summed E-state index contributed by atoms with van der Waals surface area (Å²) in [5.74, 6) is 1.92. The first-order valence-corrected chi connectivity index (χ1v) is 6.59. The van der Waals surface area contributed by atoms with Crippen LogP contribution < -0.4 is 5.32 Å². The second-order valence-electron chi connectivity index (χ2n) is 4.28. The van der Waals surface area contributed by atoms with E-state index in [1.54, 1.807) is 0 Å². The summed E-state index contributed by atoms with van der Waals surface area (Å²) in [6.45, 7) is 3.46. The third kappa shape index (κ3) is 4.22. The molecule has 1 heterocycles. The maximum absolute atomic E-state index is 4.01. The molecule has 1 N–H and O–H groups in total. The summed E-state index contributed by atoms with van der Waals surface area (Å²) >= 11 is 1.92. The minimum atomic E-state index is 0.740. The summed E-state index contributed by atoms with van der Waals surface area (Å²) in [6, 6.07) is 4.98. The van der Waals surface area contributed by atoms with Gasteiger partial charge in [0.2, 0.25) is 0 Å². The normalized spacial score (nSPS) is 17.7. The van der Waals surface area contributed by atoms with E-state index in [1.165, 1.54) is 23.5 Å². The Labute approximate surface area is 95.9 Å². The summed E-state index contributed by atoms with van der Waals surface area (Å²) in [4.78, 5) is 5.34. The lowest BCUT2D eigenvalue weighted by Gasteiger charge is -2.11. The molecule has 0 bridgehead atoms. The third-order valence-corrected chi connectivity index (χ3v) is 3.86. The molecule has 0 radical (unpaired) electrons. The highest BCUT2D eigenvalue weighted by molar-refractivity contribution is 7.99. The van der Waals surface area contributed by atoms with Crippen LogP contribution in [0.15, 0.2) is 29.4 Å². The molecule has 1 aromatic rings. The van der Waals surface area contributed by atoms with Crippen LogP contribution in [-0.4, -0.2) is 23.3 Å². The Kier molecular flexibility index (Phi) is 4.03. The van der Waals surface area contributed by atoms with E-state index in [-0.39, 0.29) is 0 Å². The van der Waals surface area contributed by atoms with Crippen LogP contribution >= 0.6 is 11.8 Å². The molecule has 3 heteroatoms. The molecule has 0 spiro atoms. The number of pyridine rings is 1. The fourth-order valence-corrected chi connectivity index (χ4v) is 2.30. The molecule has 2 rings (SSSR count). The molecule has 82 valence electrons.